The highest BCUT2D eigenvalue weighted by Gasteiger charge is 2.19. The number of rotatable bonds is 3. The number of urea groups is 1. The molecular weight excluding hydrogens is 508 g/mol. The Balaban J connectivity index is 1.59. The van der Waals surface area contributed by atoms with Gasteiger partial charge in [-0.2, -0.15) is 4.98 Å². The van der Waals surface area contributed by atoms with Crippen molar-refractivity contribution in [3.63, 3.8) is 0 Å². The van der Waals surface area contributed by atoms with E-state index in [1.54, 1.807) is 48.7 Å². The molecule has 0 aliphatic carbocycles. The molecular formula is C22H23BrN6O3S. The number of nitrogens with zero attached hydrogens (tertiary/aromatic N) is 2. The second kappa shape index (κ2) is 10.1. The van der Waals surface area contributed by atoms with Crippen molar-refractivity contribution < 1.29 is 13.7 Å². The minimum absolute atomic E-state index is 0.293. The highest BCUT2D eigenvalue weighted by atomic mass is 79.9. The minimum Gasteiger partial charge on any atom is -0.492 e. The lowest BCUT2D eigenvalue weighted by atomic mass is 10.3. The van der Waals surface area contributed by atoms with E-state index < -0.39 is 15.7 Å². The van der Waals surface area contributed by atoms with Crippen molar-refractivity contribution in [1.29, 1.82) is 0 Å². The second-order valence-electron chi connectivity index (χ2n) is 7.26. The van der Waals surface area contributed by atoms with Crippen molar-refractivity contribution in [2.24, 2.45) is 0 Å². The maximum absolute atomic E-state index is 13.4. The van der Waals surface area contributed by atoms with Crippen LogP contribution in [-0.2, 0) is 9.71 Å². The molecule has 172 valence electrons. The predicted octanol–water partition coefficient (Wildman–Crippen LogP) is 4.38. The van der Waals surface area contributed by atoms with Crippen LogP contribution in [0.2, 0.25) is 0 Å². The molecule has 0 saturated heterocycles. The maximum Gasteiger partial charge on any atom is 0.330 e. The van der Waals surface area contributed by atoms with E-state index in [1.807, 2.05) is 6.07 Å². The van der Waals surface area contributed by atoms with Crippen LogP contribution in [-0.4, -0.2) is 39.2 Å². The third-order valence-electron chi connectivity index (χ3n) is 4.71. The van der Waals surface area contributed by atoms with Gasteiger partial charge in [0.1, 0.15) is 11.6 Å². The summed E-state index contributed by atoms with van der Waals surface area (Å²) in [7, 11) is -3.20. The van der Waals surface area contributed by atoms with Crippen LogP contribution in [0.1, 0.15) is 12.8 Å². The quantitative estimate of drug-likeness (QED) is 0.371. The number of fused-ring (bicyclic) bond motifs is 4. The fraction of sp³-hybridized carbons (Fsp3) is 0.182. The zero-order chi connectivity index (χ0) is 23.3. The van der Waals surface area contributed by atoms with Gasteiger partial charge in [0.15, 0.2) is 0 Å². The van der Waals surface area contributed by atoms with E-state index in [9.17, 15) is 9.00 Å². The van der Waals surface area contributed by atoms with Crippen molar-refractivity contribution in [3.05, 3.63) is 59.2 Å². The van der Waals surface area contributed by atoms with E-state index in [-0.39, 0.29) is 0 Å². The molecule has 1 atom stereocenters. The normalized spacial score (nSPS) is 15.1. The van der Waals surface area contributed by atoms with Gasteiger partial charge in [0.05, 0.1) is 25.7 Å². The molecule has 0 radical (unpaired) electrons. The van der Waals surface area contributed by atoms with Crippen molar-refractivity contribution in [1.82, 2.24) is 14.7 Å². The molecule has 2 aromatic carbocycles. The van der Waals surface area contributed by atoms with Gasteiger partial charge < -0.3 is 20.7 Å². The van der Waals surface area contributed by atoms with Gasteiger partial charge in [-0.25, -0.2) is 14.0 Å². The van der Waals surface area contributed by atoms with Crippen molar-refractivity contribution in [2.45, 2.75) is 17.7 Å². The third kappa shape index (κ3) is 5.93. The number of anilines is 4. The van der Waals surface area contributed by atoms with Gasteiger partial charge in [-0.15, -0.1) is 0 Å². The van der Waals surface area contributed by atoms with Gasteiger partial charge in [-0.1, -0.05) is 18.2 Å². The fourth-order valence-electron chi connectivity index (χ4n) is 3.15. The van der Waals surface area contributed by atoms with Crippen LogP contribution >= 0.6 is 15.9 Å². The first kappa shape index (κ1) is 22.9. The van der Waals surface area contributed by atoms with E-state index in [2.05, 4.69) is 52.4 Å². The Morgan fingerprint density at radius 2 is 2.00 bits per heavy atom. The summed E-state index contributed by atoms with van der Waals surface area (Å²) in [5.74, 6) is 5.23. The molecule has 1 unspecified atom stereocenters. The first-order valence-corrected chi connectivity index (χ1v) is 12.7. The Labute approximate surface area is 200 Å². The first-order valence-electron chi connectivity index (χ1n) is 10.2. The van der Waals surface area contributed by atoms with E-state index in [0.717, 1.165) is 17.3 Å². The lowest BCUT2D eigenvalue weighted by Crippen LogP contribution is -2.34. The molecule has 1 aromatic heterocycles. The highest BCUT2D eigenvalue weighted by molar-refractivity contribution is 9.10. The Hall–Kier alpha value is -3.31. The zero-order valence-corrected chi connectivity index (χ0v) is 20.0. The average Bonchev–Trinajstić information content (AvgIpc) is 2.78. The summed E-state index contributed by atoms with van der Waals surface area (Å²) < 4.78 is 22.6. The number of benzene rings is 2. The van der Waals surface area contributed by atoms with Crippen LogP contribution in [0.5, 0.6) is 5.75 Å². The van der Waals surface area contributed by atoms with Gasteiger partial charge in [0.25, 0.3) is 0 Å². The van der Waals surface area contributed by atoms with E-state index in [1.165, 1.54) is 0 Å². The smallest absolute Gasteiger partial charge is 0.330 e. The van der Waals surface area contributed by atoms with Crippen molar-refractivity contribution in [2.75, 3.05) is 29.1 Å². The van der Waals surface area contributed by atoms with Crippen molar-refractivity contribution >= 4 is 60.7 Å². The maximum atomic E-state index is 13.4. The standard InChI is InChI=1S/C22H23BrN6O3S/c1-33(31,29-22(30)27-15-7-3-2-4-8-15)19-10-9-16-13-18(19)32-12-6-5-11-24-20-17(23)14-25-21(26-16)28-20/h2-4,7-10,13-14H,1,5-6,11-12H2,(H2,24,25,26,28)(H2,27,29,30,31). The number of aromatic nitrogens is 2. The number of para-hydroxylation sites is 1. The monoisotopic (exact) mass is 530 g/mol. The minimum atomic E-state index is -3.20. The van der Waals surface area contributed by atoms with Gasteiger partial charge in [-0.05, 0) is 58.9 Å². The molecule has 33 heavy (non-hydrogen) atoms. The molecule has 11 heteroatoms. The number of hydrogen-bond donors (Lipinski definition) is 4. The average molecular weight is 531 g/mol. The largest absolute Gasteiger partial charge is 0.492 e. The summed E-state index contributed by atoms with van der Waals surface area (Å²) in [5.41, 5.74) is 1.22. The second-order valence-corrected chi connectivity index (χ2v) is 10.1. The summed E-state index contributed by atoms with van der Waals surface area (Å²) in [4.78, 5) is 21.5. The Morgan fingerprint density at radius 1 is 1.18 bits per heavy atom. The lowest BCUT2D eigenvalue weighted by Gasteiger charge is -2.18. The fourth-order valence-corrected chi connectivity index (χ4v) is 4.67. The van der Waals surface area contributed by atoms with Crippen LogP contribution in [0, 0.1) is 0 Å². The van der Waals surface area contributed by atoms with E-state index in [0.29, 0.717) is 46.9 Å². The zero-order valence-electron chi connectivity index (χ0n) is 17.6. The Morgan fingerprint density at radius 3 is 2.82 bits per heavy atom. The molecule has 9 nitrogen and oxygen atoms in total. The van der Waals surface area contributed by atoms with Gasteiger partial charge in [0.2, 0.25) is 5.95 Å². The number of nitrogens with one attached hydrogen (secondary N) is 4. The number of carbonyl (C=O) groups excluding carboxylic acids is 1. The topological polar surface area (TPSA) is 117 Å². The van der Waals surface area contributed by atoms with Crippen LogP contribution in [0.15, 0.2) is 64.1 Å². The molecule has 3 aromatic rings. The molecule has 4 bridgehead atoms. The van der Waals surface area contributed by atoms with Crippen LogP contribution in [0.3, 0.4) is 0 Å². The van der Waals surface area contributed by atoms with Crippen molar-refractivity contribution in [3.8, 4) is 5.75 Å². The van der Waals surface area contributed by atoms with Crippen LogP contribution in [0.4, 0.5) is 27.9 Å². The summed E-state index contributed by atoms with van der Waals surface area (Å²) >= 11 is 3.45. The Bertz CT molecular complexity index is 1250. The number of hydrogen-bond acceptors (Lipinski definition) is 7. The van der Waals surface area contributed by atoms with Crippen LogP contribution in [0.25, 0.3) is 0 Å². The molecule has 1 aliphatic rings. The molecule has 4 rings (SSSR count). The first-order chi connectivity index (χ1) is 15.9. The molecule has 2 amide bonds. The molecule has 1 aliphatic heterocycles. The molecule has 4 N–H and O–H groups in total. The molecule has 0 fully saturated rings. The van der Waals surface area contributed by atoms with Gasteiger partial charge in [0, 0.05) is 30.2 Å². The number of amides is 2. The summed E-state index contributed by atoms with van der Waals surface area (Å²) in [6, 6.07) is 13.3. The number of halogens is 1. The van der Waals surface area contributed by atoms with E-state index in [4.69, 9.17) is 4.74 Å². The van der Waals surface area contributed by atoms with Gasteiger partial charge in [-0.3, -0.25) is 4.72 Å². The highest BCUT2D eigenvalue weighted by Crippen LogP contribution is 2.30. The number of carbonyl (C=O) groups is 1. The molecule has 2 heterocycles. The van der Waals surface area contributed by atoms with Gasteiger partial charge >= 0.3 is 6.03 Å². The summed E-state index contributed by atoms with van der Waals surface area (Å²) in [6.07, 6.45) is 3.27. The summed E-state index contributed by atoms with van der Waals surface area (Å²) in [6.45, 7) is 1.12. The lowest BCUT2D eigenvalue weighted by molar-refractivity contribution is 0.257. The van der Waals surface area contributed by atoms with Crippen LogP contribution < -0.4 is 25.4 Å². The SMILES string of the molecule is C=S(=O)(NC(=O)Nc1ccccc1)c1ccc2cc1OCCCCNc1nc(ncc1Br)N2. The summed E-state index contributed by atoms with van der Waals surface area (Å²) in [5, 5.41) is 9.05. The molecule has 0 saturated carbocycles. The third-order valence-corrected chi connectivity index (χ3v) is 6.85. The predicted molar refractivity (Wildman–Crippen MR) is 135 cm³/mol. The Kier molecular flexibility index (Phi) is 6.99. The number of ether oxygens (including phenoxy) is 1. The molecule has 0 spiro atoms. The van der Waals surface area contributed by atoms with E-state index >= 15 is 0 Å².